The zero-order valence-corrected chi connectivity index (χ0v) is 12.1. The summed E-state index contributed by atoms with van der Waals surface area (Å²) in [6.07, 6.45) is 0.653. The summed E-state index contributed by atoms with van der Waals surface area (Å²) in [5, 5.41) is 0.695. The fourth-order valence-electron chi connectivity index (χ4n) is 1.81. The van der Waals surface area contributed by atoms with Crippen molar-refractivity contribution in [3.05, 3.63) is 58.9 Å². The van der Waals surface area contributed by atoms with Crippen LogP contribution in [-0.4, -0.2) is 6.04 Å². The van der Waals surface area contributed by atoms with E-state index in [9.17, 15) is 4.39 Å². The fraction of sp³-hybridized carbons (Fsp3) is 0.200. The van der Waals surface area contributed by atoms with Crippen LogP contribution < -0.4 is 5.73 Å². The van der Waals surface area contributed by atoms with Crippen molar-refractivity contribution in [2.75, 3.05) is 0 Å². The third-order valence-electron chi connectivity index (χ3n) is 2.59. The van der Waals surface area contributed by atoms with Crippen molar-refractivity contribution in [1.82, 2.24) is 0 Å². The predicted octanol–water partition coefficient (Wildman–Crippen LogP) is 4.52. The standard InChI is InChI=1S/C15H15ClFNS/c1-10(18)7-11-8-13(17)5-6-15(11)19-14-4-2-3-12(16)9-14/h2-6,8-10H,7,18H2,1H3. The Bertz CT molecular complexity index is 572. The molecule has 2 rings (SSSR count). The molecular formula is C15H15ClFNS. The van der Waals surface area contributed by atoms with Gasteiger partial charge in [0.25, 0.3) is 0 Å². The van der Waals surface area contributed by atoms with Crippen molar-refractivity contribution in [2.24, 2.45) is 5.73 Å². The lowest BCUT2D eigenvalue weighted by Crippen LogP contribution is -2.18. The van der Waals surface area contributed by atoms with Crippen LogP contribution in [0.3, 0.4) is 0 Å². The molecule has 0 aromatic heterocycles. The number of nitrogens with two attached hydrogens (primary N) is 1. The van der Waals surface area contributed by atoms with E-state index in [4.69, 9.17) is 17.3 Å². The van der Waals surface area contributed by atoms with Crippen LogP contribution in [0.5, 0.6) is 0 Å². The second-order valence-electron chi connectivity index (χ2n) is 4.49. The molecule has 0 bridgehead atoms. The lowest BCUT2D eigenvalue weighted by atomic mass is 10.1. The lowest BCUT2D eigenvalue weighted by Gasteiger charge is -2.11. The van der Waals surface area contributed by atoms with Crippen molar-refractivity contribution < 1.29 is 4.39 Å². The van der Waals surface area contributed by atoms with E-state index in [2.05, 4.69) is 0 Å². The Morgan fingerprint density at radius 2 is 2.05 bits per heavy atom. The highest BCUT2D eigenvalue weighted by atomic mass is 35.5. The van der Waals surface area contributed by atoms with Gasteiger partial charge in [0.15, 0.2) is 0 Å². The molecule has 0 saturated carbocycles. The molecule has 0 aliphatic heterocycles. The molecular weight excluding hydrogens is 281 g/mol. The zero-order chi connectivity index (χ0) is 13.8. The highest BCUT2D eigenvalue weighted by Gasteiger charge is 2.08. The molecule has 0 amide bonds. The third kappa shape index (κ3) is 4.23. The van der Waals surface area contributed by atoms with Crippen LogP contribution in [0.25, 0.3) is 0 Å². The summed E-state index contributed by atoms with van der Waals surface area (Å²) in [7, 11) is 0. The van der Waals surface area contributed by atoms with Gasteiger partial charge < -0.3 is 5.73 Å². The molecule has 100 valence electrons. The minimum atomic E-state index is -0.230. The second kappa shape index (κ2) is 6.42. The van der Waals surface area contributed by atoms with Crippen molar-refractivity contribution in [3.8, 4) is 0 Å². The van der Waals surface area contributed by atoms with E-state index >= 15 is 0 Å². The van der Waals surface area contributed by atoms with Crippen molar-refractivity contribution in [1.29, 1.82) is 0 Å². The zero-order valence-electron chi connectivity index (χ0n) is 10.6. The average Bonchev–Trinajstić information content (AvgIpc) is 2.32. The number of rotatable bonds is 4. The van der Waals surface area contributed by atoms with Crippen LogP contribution in [0, 0.1) is 5.82 Å². The predicted molar refractivity (Wildman–Crippen MR) is 79.3 cm³/mol. The van der Waals surface area contributed by atoms with E-state index in [1.54, 1.807) is 23.9 Å². The Kier molecular flexibility index (Phi) is 4.86. The van der Waals surface area contributed by atoms with Crippen LogP contribution >= 0.6 is 23.4 Å². The summed E-state index contributed by atoms with van der Waals surface area (Å²) in [5.74, 6) is -0.230. The maximum atomic E-state index is 13.3. The van der Waals surface area contributed by atoms with E-state index in [-0.39, 0.29) is 11.9 Å². The summed E-state index contributed by atoms with van der Waals surface area (Å²) in [6, 6.07) is 12.4. The Morgan fingerprint density at radius 3 is 2.74 bits per heavy atom. The van der Waals surface area contributed by atoms with Gasteiger partial charge in [-0.1, -0.05) is 29.4 Å². The van der Waals surface area contributed by atoms with Crippen LogP contribution in [0.4, 0.5) is 4.39 Å². The largest absolute Gasteiger partial charge is 0.328 e. The van der Waals surface area contributed by atoms with Gasteiger partial charge in [0.1, 0.15) is 5.82 Å². The lowest BCUT2D eigenvalue weighted by molar-refractivity contribution is 0.620. The average molecular weight is 296 g/mol. The Labute approximate surface area is 122 Å². The molecule has 0 fully saturated rings. The van der Waals surface area contributed by atoms with Crippen molar-refractivity contribution >= 4 is 23.4 Å². The normalized spacial score (nSPS) is 12.4. The molecule has 2 aromatic carbocycles. The van der Waals surface area contributed by atoms with Crippen LogP contribution in [0.2, 0.25) is 5.02 Å². The van der Waals surface area contributed by atoms with Crippen LogP contribution in [-0.2, 0) is 6.42 Å². The molecule has 1 unspecified atom stereocenters. The number of benzene rings is 2. The SMILES string of the molecule is CC(N)Cc1cc(F)ccc1Sc1cccc(Cl)c1. The van der Waals surface area contributed by atoms with Gasteiger partial charge in [-0.05, 0) is 55.3 Å². The van der Waals surface area contributed by atoms with Crippen LogP contribution in [0.1, 0.15) is 12.5 Å². The minimum absolute atomic E-state index is 0.000473. The van der Waals surface area contributed by atoms with Gasteiger partial charge in [-0.25, -0.2) is 4.39 Å². The fourth-order valence-corrected chi connectivity index (χ4v) is 3.06. The van der Waals surface area contributed by atoms with Crippen molar-refractivity contribution in [3.63, 3.8) is 0 Å². The smallest absolute Gasteiger partial charge is 0.123 e. The first-order valence-electron chi connectivity index (χ1n) is 6.02. The van der Waals surface area contributed by atoms with Gasteiger partial charge in [-0.15, -0.1) is 0 Å². The van der Waals surface area contributed by atoms with Gasteiger partial charge in [0.2, 0.25) is 0 Å². The van der Waals surface area contributed by atoms with Gasteiger partial charge in [0.05, 0.1) is 0 Å². The first kappa shape index (κ1) is 14.4. The molecule has 19 heavy (non-hydrogen) atoms. The monoisotopic (exact) mass is 295 g/mol. The maximum Gasteiger partial charge on any atom is 0.123 e. The Hall–Kier alpha value is -1.03. The number of halogens is 2. The van der Waals surface area contributed by atoms with Crippen molar-refractivity contribution in [2.45, 2.75) is 29.2 Å². The first-order chi connectivity index (χ1) is 9.04. The molecule has 0 heterocycles. The third-order valence-corrected chi connectivity index (χ3v) is 3.93. The molecule has 0 aliphatic rings. The van der Waals surface area contributed by atoms with E-state index in [1.807, 2.05) is 31.2 Å². The number of hydrogen-bond acceptors (Lipinski definition) is 2. The molecule has 1 nitrogen and oxygen atoms in total. The Balaban J connectivity index is 2.28. The number of hydrogen-bond donors (Lipinski definition) is 1. The molecule has 0 radical (unpaired) electrons. The summed E-state index contributed by atoms with van der Waals surface area (Å²) in [4.78, 5) is 2.05. The van der Waals surface area contributed by atoms with Crippen LogP contribution in [0.15, 0.2) is 52.3 Å². The highest BCUT2D eigenvalue weighted by Crippen LogP contribution is 2.32. The molecule has 0 saturated heterocycles. The minimum Gasteiger partial charge on any atom is -0.328 e. The van der Waals surface area contributed by atoms with E-state index in [0.29, 0.717) is 11.4 Å². The summed E-state index contributed by atoms with van der Waals surface area (Å²) in [6.45, 7) is 1.92. The van der Waals surface area contributed by atoms with Gasteiger partial charge >= 0.3 is 0 Å². The molecule has 1 atom stereocenters. The van der Waals surface area contributed by atoms with E-state index in [1.165, 1.54) is 6.07 Å². The first-order valence-corrected chi connectivity index (χ1v) is 7.21. The quantitative estimate of drug-likeness (QED) is 0.897. The van der Waals surface area contributed by atoms with E-state index < -0.39 is 0 Å². The molecule has 2 aromatic rings. The van der Waals surface area contributed by atoms with Gasteiger partial charge in [0, 0.05) is 20.9 Å². The topological polar surface area (TPSA) is 26.0 Å². The summed E-state index contributed by atoms with van der Waals surface area (Å²) in [5.41, 5.74) is 6.74. The van der Waals surface area contributed by atoms with Gasteiger partial charge in [-0.2, -0.15) is 0 Å². The molecule has 0 spiro atoms. The molecule has 2 N–H and O–H groups in total. The summed E-state index contributed by atoms with van der Waals surface area (Å²) < 4.78 is 13.3. The highest BCUT2D eigenvalue weighted by molar-refractivity contribution is 7.99. The second-order valence-corrected chi connectivity index (χ2v) is 6.04. The molecule has 4 heteroatoms. The van der Waals surface area contributed by atoms with Gasteiger partial charge in [-0.3, -0.25) is 0 Å². The maximum absolute atomic E-state index is 13.3. The van der Waals surface area contributed by atoms with E-state index in [0.717, 1.165) is 15.4 Å². The Morgan fingerprint density at radius 1 is 1.26 bits per heavy atom. The summed E-state index contributed by atoms with van der Waals surface area (Å²) >= 11 is 7.54. The molecule has 0 aliphatic carbocycles.